The van der Waals surface area contributed by atoms with Crippen LogP contribution in [0.15, 0.2) is 23.4 Å². The van der Waals surface area contributed by atoms with E-state index in [1.807, 2.05) is 13.8 Å². The highest BCUT2D eigenvalue weighted by Crippen LogP contribution is 2.28. The summed E-state index contributed by atoms with van der Waals surface area (Å²) in [5.41, 5.74) is 0.610. The van der Waals surface area contributed by atoms with Gasteiger partial charge in [-0.15, -0.1) is 0 Å². The van der Waals surface area contributed by atoms with Gasteiger partial charge < -0.3 is 5.11 Å². The van der Waals surface area contributed by atoms with Gasteiger partial charge >= 0.3 is 0 Å². The summed E-state index contributed by atoms with van der Waals surface area (Å²) in [4.78, 5) is 3.98. The van der Waals surface area contributed by atoms with E-state index in [0.717, 1.165) is 19.3 Å². The fourth-order valence-corrected chi connectivity index (χ4v) is 4.44. The Kier molecular flexibility index (Phi) is 4.23. The lowest BCUT2D eigenvalue weighted by Crippen LogP contribution is -2.47. The fraction of sp³-hybridized carbons (Fsp3) is 0.615. The molecule has 1 aliphatic heterocycles. The molecular weight excluding hydrogens is 264 g/mol. The molecule has 1 saturated heterocycles. The van der Waals surface area contributed by atoms with Gasteiger partial charge in [0.2, 0.25) is 0 Å². The lowest BCUT2D eigenvalue weighted by atomic mass is 10.0. The molecule has 0 bridgehead atoms. The Bertz CT molecular complexity index is 517. The van der Waals surface area contributed by atoms with Crippen molar-refractivity contribution in [1.29, 1.82) is 0 Å². The third-order valence-electron chi connectivity index (χ3n) is 3.63. The Balaban J connectivity index is 2.34. The zero-order chi connectivity index (χ0) is 14.0. The number of aromatic nitrogens is 1. The van der Waals surface area contributed by atoms with Crippen LogP contribution in [0.3, 0.4) is 0 Å². The Morgan fingerprint density at radius 1 is 1.32 bits per heavy atom. The van der Waals surface area contributed by atoms with Crippen LogP contribution in [0.2, 0.25) is 0 Å². The SMILES string of the molecule is C[C@@H]1CCC[C@H](C)N1S(=O)(=O)c1ccc(CO)cn1. The molecule has 0 aromatic carbocycles. The normalized spacial score (nSPS) is 25.4. The zero-order valence-electron chi connectivity index (χ0n) is 11.3. The summed E-state index contributed by atoms with van der Waals surface area (Å²) in [6.07, 6.45) is 4.24. The predicted molar refractivity (Wildman–Crippen MR) is 72.0 cm³/mol. The maximum absolute atomic E-state index is 12.6. The van der Waals surface area contributed by atoms with Gasteiger partial charge in [0.05, 0.1) is 6.61 Å². The number of hydrogen-bond acceptors (Lipinski definition) is 4. The van der Waals surface area contributed by atoms with Gasteiger partial charge in [0.1, 0.15) is 0 Å². The molecular formula is C13H20N2O3S. The van der Waals surface area contributed by atoms with Crippen molar-refractivity contribution in [2.75, 3.05) is 0 Å². The molecule has 0 unspecified atom stereocenters. The number of aliphatic hydroxyl groups is 1. The summed E-state index contributed by atoms with van der Waals surface area (Å²) < 4.78 is 26.8. The van der Waals surface area contributed by atoms with Crippen LogP contribution in [-0.2, 0) is 16.6 Å². The van der Waals surface area contributed by atoms with Crippen LogP contribution in [-0.4, -0.2) is 34.9 Å². The number of piperidine rings is 1. The molecule has 0 aliphatic carbocycles. The molecule has 0 saturated carbocycles. The first-order chi connectivity index (χ1) is 8.96. The molecule has 0 amide bonds. The summed E-state index contributed by atoms with van der Waals surface area (Å²) in [5.74, 6) is 0. The van der Waals surface area contributed by atoms with E-state index in [9.17, 15) is 8.42 Å². The van der Waals surface area contributed by atoms with Gasteiger partial charge in [0.15, 0.2) is 5.03 Å². The number of nitrogens with zero attached hydrogens (tertiary/aromatic N) is 2. The molecule has 2 heterocycles. The predicted octanol–water partition coefficient (Wildman–Crippen LogP) is 1.53. The highest BCUT2D eigenvalue weighted by atomic mass is 32.2. The smallest absolute Gasteiger partial charge is 0.261 e. The lowest BCUT2D eigenvalue weighted by molar-refractivity contribution is 0.203. The first kappa shape index (κ1) is 14.4. The minimum Gasteiger partial charge on any atom is -0.392 e. The van der Waals surface area contributed by atoms with E-state index < -0.39 is 10.0 Å². The van der Waals surface area contributed by atoms with Crippen LogP contribution in [0, 0.1) is 0 Å². The zero-order valence-corrected chi connectivity index (χ0v) is 12.1. The van der Waals surface area contributed by atoms with Crippen molar-refractivity contribution in [2.24, 2.45) is 0 Å². The van der Waals surface area contributed by atoms with E-state index in [2.05, 4.69) is 4.98 Å². The Morgan fingerprint density at radius 3 is 2.42 bits per heavy atom. The Hall–Kier alpha value is -0.980. The van der Waals surface area contributed by atoms with Crippen LogP contribution < -0.4 is 0 Å². The quantitative estimate of drug-likeness (QED) is 0.913. The summed E-state index contributed by atoms with van der Waals surface area (Å²) in [6.45, 7) is 3.74. The van der Waals surface area contributed by atoms with E-state index in [4.69, 9.17) is 5.11 Å². The maximum atomic E-state index is 12.6. The number of rotatable bonds is 3. The second-order valence-corrected chi connectivity index (χ2v) is 6.92. The van der Waals surface area contributed by atoms with Crippen LogP contribution in [0.25, 0.3) is 0 Å². The van der Waals surface area contributed by atoms with Crippen molar-refractivity contribution in [3.8, 4) is 0 Å². The van der Waals surface area contributed by atoms with Gasteiger partial charge in [-0.3, -0.25) is 0 Å². The first-order valence-electron chi connectivity index (χ1n) is 6.56. The standard InChI is InChI=1S/C13H20N2O3S/c1-10-4-3-5-11(2)15(10)19(17,18)13-7-6-12(9-16)8-14-13/h6-8,10-11,16H,3-5,9H2,1-2H3/t10-,11+. The van der Waals surface area contributed by atoms with Crippen LogP contribution in [0.1, 0.15) is 38.7 Å². The minimum absolute atomic E-state index is 0.00747. The molecule has 0 radical (unpaired) electrons. The molecule has 5 nitrogen and oxygen atoms in total. The summed E-state index contributed by atoms with van der Waals surface area (Å²) >= 11 is 0. The molecule has 1 fully saturated rings. The monoisotopic (exact) mass is 284 g/mol. The van der Waals surface area contributed by atoms with E-state index in [-0.39, 0.29) is 23.7 Å². The molecule has 0 spiro atoms. The fourth-order valence-electron chi connectivity index (χ4n) is 2.64. The van der Waals surface area contributed by atoms with Crippen molar-refractivity contribution >= 4 is 10.0 Å². The van der Waals surface area contributed by atoms with E-state index in [0.29, 0.717) is 5.56 Å². The van der Waals surface area contributed by atoms with Gasteiger partial charge in [-0.25, -0.2) is 13.4 Å². The Labute approximate surface area is 114 Å². The third kappa shape index (κ3) is 2.80. The van der Waals surface area contributed by atoms with Gasteiger partial charge in [-0.05, 0) is 38.3 Å². The average Bonchev–Trinajstić information content (AvgIpc) is 2.38. The number of pyridine rings is 1. The number of hydrogen-bond donors (Lipinski definition) is 1. The molecule has 106 valence electrons. The minimum atomic E-state index is -3.54. The molecule has 1 N–H and O–H groups in total. The molecule has 2 rings (SSSR count). The molecule has 6 heteroatoms. The highest BCUT2D eigenvalue weighted by molar-refractivity contribution is 7.89. The lowest BCUT2D eigenvalue weighted by Gasteiger charge is -2.37. The number of aliphatic hydroxyl groups excluding tert-OH is 1. The second kappa shape index (κ2) is 5.56. The molecule has 1 aromatic heterocycles. The van der Waals surface area contributed by atoms with Crippen molar-refractivity contribution in [1.82, 2.24) is 9.29 Å². The van der Waals surface area contributed by atoms with Crippen LogP contribution in [0.5, 0.6) is 0 Å². The van der Waals surface area contributed by atoms with E-state index in [1.54, 1.807) is 10.4 Å². The molecule has 1 aliphatic rings. The third-order valence-corrected chi connectivity index (χ3v) is 5.68. The van der Waals surface area contributed by atoms with E-state index in [1.165, 1.54) is 12.3 Å². The van der Waals surface area contributed by atoms with Gasteiger partial charge in [-0.2, -0.15) is 4.31 Å². The van der Waals surface area contributed by atoms with Gasteiger partial charge in [0, 0.05) is 18.3 Å². The summed E-state index contributed by atoms with van der Waals surface area (Å²) in [7, 11) is -3.54. The van der Waals surface area contributed by atoms with Gasteiger partial charge in [0.25, 0.3) is 10.0 Å². The first-order valence-corrected chi connectivity index (χ1v) is 8.00. The molecule has 2 atom stereocenters. The average molecular weight is 284 g/mol. The van der Waals surface area contributed by atoms with Crippen LogP contribution in [0.4, 0.5) is 0 Å². The van der Waals surface area contributed by atoms with Crippen molar-refractivity contribution < 1.29 is 13.5 Å². The Morgan fingerprint density at radius 2 is 1.95 bits per heavy atom. The van der Waals surface area contributed by atoms with Crippen molar-refractivity contribution in [2.45, 2.75) is 56.8 Å². The van der Waals surface area contributed by atoms with Crippen molar-refractivity contribution in [3.05, 3.63) is 23.9 Å². The maximum Gasteiger partial charge on any atom is 0.261 e. The topological polar surface area (TPSA) is 70.5 Å². The van der Waals surface area contributed by atoms with Crippen molar-refractivity contribution in [3.63, 3.8) is 0 Å². The summed E-state index contributed by atoms with van der Waals surface area (Å²) in [6, 6.07) is 3.08. The molecule has 1 aromatic rings. The largest absolute Gasteiger partial charge is 0.392 e. The second-order valence-electron chi connectivity index (χ2n) is 5.13. The molecule has 19 heavy (non-hydrogen) atoms. The van der Waals surface area contributed by atoms with E-state index >= 15 is 0 Å². The number of sulfonamides is 1. The summed E-state index contributed by atoms with van der Waals surface area (Å²) in [5, 5.41) is 9.02. The van der Waals surface area contributed by atoms with Crippen LogP contribution >= 0.6 is 0 Å². The highest BCUT2D eigenvalue weighted by Gasteiger charge is 2.36. The van der Waals surface area contributed by atoms with Gasteiger partial charge in [-0.1, -0.05) is 12.5 Å².